The minimum absolute atomic E-state index is 0.241. The van der Waals surface area contributed by atoms with Gasteiger partial charge in [0.05, 0.1) is 12.8 Å². The highest BCUT2D eigenvalue weighted by Gasteiger charge is 2.17. The number of nitrogens with zero attached hydrogens (tertiary/aromatic N) is 3. The molecule has 4 rings (SSSR count). The van der Waals surface area contributed by atoms with Crippen molar-refractivity contribution < 1.29 is 14.3 Å². The van der Waals surface area contributed by atoms with Crippen LogP contribution >= 0.6 is 0 Å². The van der Waals surface area contributed by atoms with Gasteiger partial charge in [0, 0.05) is 36.4 Å². The Morgan fingerprint density at radius 3 is 2.12 bits per heavy atom. The van der Waals surface area contributed by atoms with Crippen molar-refractivity contribution in [2.75, 3.05) is 17.2 Å². The first-order valence-corrected chi connectivity index (χ1v) is 10.2. The van der Waals surface area contributed by atoms with Crippen LogP contribution in [-0.4, -0.2) is 32.8 Å². The zero-order valence-corrected chi connectivity index (χ0v) is 17.8. The Hall–Kier alpha value is -4.33. The molecule has 0 unspecified atom stereocenters. The van der Waals surface area contributed by atoms with Gasteiger partial charge in [0.2, 0.25) is 0 Å². The van der Waals surface area contributed by atoms with Gasteiger partial charge in [-0.15, -0.1) is 0 Å². The minimum atomic E-state index is -0.284. The molecule has 8 nitrogen and oxygen atoms in total. The molecule has 4 aromatic rings. The Balaban J connectivity index is 1.42. The summed E-state index contributed by atoms with van der Waals surface area (Å²) in [6.07, 6.45) is 5.24. The molecule has 32 heavy (non-hydrogen) atoms. The van der Waals surface area contributed by atoms with Crippen LogP contribution in [0.4, 0.5) is 11.4 Å². The molecule has 0 atom stereocenters. The second-order valence-electron chi connectivity index (χ2n) is 7.04. The molecule has 0 fully saturated rings. The summed E-state index contributed by atoms with van der Waals surface area (Å²) in [7, 11) is 1.78. The number of carbonyl (C=O) groups excluding carboxylic acids is 2. The van der Waals surface area contributed by atoms with E-state index in [4.69, 9.17) is 4.74 Å². The quantitative estimate of drug-likeness (QED) is 0.463. The first-order chi connectivity index (χ1) is 15.5. The summed E-state index contributed by atoms with van der Waals surface area (Å²) in [5, 5.41) is 9.90. The fourth-order valence-corrected chi connectivity index (χ4v) is 3.28. The number of aromatic nitrogens is 3. The molecule has 2 N–H and O–H groups in total. The molecule has 2 heterocycles. The highest BCUT2D eigenvalue weighted by molar-refractivity contribution is 6.07. The van der Waals surface area contributed by atoms with E-state index in [2.05, 4.69) is 15.7 Å². The summed E-state index contributed by atoms with van der Waals surface area (Å²) in [5.41, 5.74) is 2.17. The number of ether oxygens (including phenoxy) is 1. The van der Waals surface area contributed by atoms with Crippen LogP contribution in [0.2, 0.25) is 0 Å². The Labute approximate surface area is 185 Å². The van der Waals surface area contributed by atoms with Gasteiger partial charge in [-0.1, -0.05) is 0 Å². The van der Waals surface area contributed by atoms with Crippen LogP contribution in [0.25, 0.3) is 5.82 Å². The molecule has 2 aromatic carbocycles. The van der Waals surface area contributed by atoms with Crippen LogP contribution in [-0.2, 0) is 7.05 Å². The van der Waals surface area contributed by atoms with Gasteiger partial charge >= 0.3 is 0 Å². The Bertz CT molecular complexity index is 1210. The monoisotopic (exact) mass is 429 g/mol. The maximum absolute atomic E-state index is 12.8. The molecule has 0 spiro atoms. The third kappa shape index (κ3) is 4.54. The Morgan fingerprint density at radius 1 is 0.906 bits per heavy atom. The number of rotatable bonds is 7. The van der Waals surface area contributed by atoms with Gasteiger partial charge in [0.15, 0.2) is 0 Å². The van der Waals surface area contributed by atoms with E-state index in [0.29, 0.717) is 34.9 Å². The van der Waals surface area contributed by atoms with Crippen molar-refractivity contribution in [3.63, 3.8) is 0 Å². The molecule has 0 bridgehead atoms. The van der Waals surface area contributed by atoms with E-state index in [0.717, 1.165) is 5.75 Å². The van der Waals surface area contributed by atoms with Crippen LogP contribution in [0.5, 0.6) is 5.75 Å². The number of aryl methyl sites for hydroxylation is 1. The average Bonchev–Trinajstić information content (AvgIpc) is 3.45. The zero-order chi connectivity index (χ0) is 22.5. The molecular weight excluding hydrogens is 406 g/mol. The molecule has 0 aliphatic heterocycles. The zero-order valence-electron chi connectivity index (χ0n) is 17.8. The standard InChI is InChI=1S/C24H23N5O3/c1-3-32-20-12-10-19(11-13-20)26-22(30)17-6-8-18(9-7-17)27-23(31)21-16-25-28(2)24(21)29-14-4-5-15-29/h4-16H,3H2,1-2H3,(H,26,30)(H,27,31). The highest BCUT2D eigenvalue weighted by Crippen LogP contribution is 2.19. The van der Waals surface area contributed by atoms with E-state index in [1.807, 2.05) is 36.0 Å². The first kappa shape index (κ1) is 20.9. The lowest BCUT2D eigenvalue weighted by atomic mass is 10.1. The van der Waals surface area contributed by atoms with Crippen molar-refractivity contribution in [1.29, 1.82) is 0 Å². The predicted molar refractivity (Wildman–Crippen MR) is 122 cm³/mol. The maximum atomic E-state index is 12.8. The predicted octanol–water partition coefficient (Wildman–Crippen LogP) is 4.11. The molecule has 0 aliphatic carbocycles. The third-order valence-electron chi connectivity index (χ3n) is 4.83. The topological polar surface area (TPSA) is 90.2 Å². The molecule has 0 saturated carbocycles. The van der Waals surface area contributed by atoms with Crippen molar-refractivity contribution in [3.05, 3.63) is 90.4 Å². The van der Waals surface area contributed by atoms with Gasteiger partial charge in [0.1, 0.15) is 17.1 Å². The smallest absolute Gasteiger partial charge is 0.261 e. The number of carbonyl (C=O) groups is 2. The fourth-order valence-electron chi connectivity index (χ4n) is 3.28. The van der Waals surface area contributed by atoms with E-state index in [1.54, 1.807) is 60.3 Å². The lowest BCUT2D eigenvalue weighted by Crippen LogP contribution is -2.15. The molecule has 2 amide bonds. The van der Waals surface area contributed by atoms with E-state index in [1.165, 1.54) is 6.20 Å². The average molecular weight is 429 g/mol. The van der Waals surface area contributed by atoms with Gasteiger partial charge in [-0.05, 0) is 67.6 Å². The number of anilines is 2. The summed E-state index contributed by atoms with van der Waals surface area (Å²) in [6, 6.07) is 17.6. The van der Waals surface area contributed by atoms with Crippen molar-refractivity contribution in [1.82, 2.24) is 14.3 Å². The lowest BCUT2D eigenvalue weighted by molar-refractivity contribution is 0.102. The lowest BCUT2D eigenvalue weighted by Gasteiger charge is -2.10. The van der Waals surface area contributed by atoms with Crippen LogP contribution < -0.4 is 15.4 Å². The van der Waals surface area contributed by atoms with Gasteiger partial charge < -0.3 is 19.9 Å². The molecule has 162 valence electrons. The van der Waals surface area contributed by atoms with Crippen molar-refractivity contribution in [3.8, 4) is 11.6 Å². The molecule has 0 radical (unpaired) electrons. The number of hydrogen-bond donors (Lipinski definition) is 2. The number of nitrogens with one attached hydrogen (secondary N) is 2. The van der Waals surface area contributed by atoms with Crippen molar-refractivity contribution in [2.24, 2.45) is 7.05 Å². The second-order valence-corrected chi connectivity index (χ2v) is 7.04. The maximum Gasteiger partial charge on any atom is 0.261 e. The molecule has 8 heteroatoms. The first-order valence-electron chi connectivity index (χ1n) is 10.2. The van der Waals surface area contributed by atoms with Gasteiger partial charge in [-0.25, -0.2) is 0 Å². The van der Waals surface area contributed by atoms with Gasteiger partial charge in [-0.3, -0.25) is 14.3 Å². The van der Waals surface area contributed by atoms with E-state index < -0.39 is 0 Å². The molecule has 2 aromatic heterocycles. The van der Waals surface area contributed by atoms with Crippen LogP contribution in [0.1, 0.15) is 27.6 Å². The highest BCUT2D eigenvalue weighted by atomic mass is 16.5. The van der Waals surface area contributed by atoms with Gasteiger partial charge in [0.25, 0.3) is 11.8 Å². The number of hydrogen-bond acceptors (Lipinski definition) is 4. The van der Waals surface area contributed by atoms with Crippen LogP contribution in [0, 0.1) is 0 Å². The summed E-state index contributed by atoms with van der Waals surface area (Å²) >= 11 is 0. The summed E-state index contributed by atoms with van der Waals surface area (Å²) in [5.74, 6) is 0.889. The third-order valence-corrected chi connectivity index (χ3v) is 4.83. The van der Waals surface area contributed by atoms with Crippen LogP contribution in [0.15, 0.2) is 79.3 Å². The summed E-state index contributed by atoms with van der Waals surface area (Å²) in [4.78, 5) is 25.3. The van der Waals surface area contributed by atoms with Crippen molar-refractivity contribution in [2.45, 2.75) is 6.92 Å². The fraction of sp³-hybridized carbons (Fsp3) is 0.125. The SMILES string of the molecule is CCOc1ccc(NC(=O)c2ccc(NC(=O)c3cnn(C)c3-n3cccc3)cc2)cc1. The number of benzene rings is 2. The Morgan fingerprint density at radius 2 is 1.50 bits per heavy atom. The molecule has 0 aliphatic rings. The second kappa shape index (κ2) is 9.22. The summed E-state index contributed by atoms with van der Waals surface area (Å²) < 4.78 is 8.87. The minimum Gasteiger partial charge on any atom is -0.494 e. The van der Waals surface area contributed by atoms with Crippen LogP contribution in [0.3, 0.4) is 0 Å². The summed E-state index contributed by atoms with van der Waals surface area (Å²) in [6.45, 7) is 2.50. The molecular formula is C24H23N5O3. The van der Waals surface area contributed by atoms with Crippen molar-refractivity contribution >= 4 is 23.2 Å². The largest absolute Gasteiger partial charge is 0.494 e. The van der Waals surface area contributed by atoms with E-state index in [9.17, 15) is 9.59 Å². The van der Waals surface area contributed by atoms with E-state index in [-0.39, 0.29) is 11.8 Å². The van der Waals surface area contributed by atoms with E-state index >= 15 is 0 Å². The normalized spacial score (nSPS) is 10.6. The molecule has 0 saturated heterocycles. The number of amides is 2. The Kier molecular flexibility index (Phi) is 6.03. The van der Waals surface area contributed by atoms with Gasteiger partial charge in [-0.2, -0.15) is 5.10 Å².